The topological polar surface area (TPSA) is 90.4 Å². The van der Waals surface area contributed by atoms with Crippen molar-refractivity contribution in [3.63, 3.8) is 0 Å². The molecule has 0 aliphatic carbocycles. The number of hydrogen-bond donors (Lipinski definition) is 1. The molecule has 2 fully saturated rings. The third-order valence-corrected chi connectivity index (χ3v) is 8.74. The van der Waals surface area contributed by atoms with Crippen molar-refractivity contribution in [1.29, 1.82) is 0 Å². The summed E-state index contributed by atoms with van der Waals surface area (Å²) in [6.45, 7) is 4.87. The summed E-state index contributed by atoms with van der Waals surface area (Å²) in [5, 5.41) is 7.12. The Labute approximate surface area is 198 Å². The van der Waals surface area contributed by atoms with Gasteiger partial charge in [-0.3, -0.25) is 0 Å². The number of alkyl halides is 3. The summed E-state index contributed by atoms with van der Waals surface area (Å²) in [6.07, 6.45) is -0.822. The summed E-state index contributed by atoms with van der Waals surface area (Å²) in [4.78, 5) is 11.5. The molecule has 192 valence electrons. The normalized spacial score (nSPS) is 22.2. The highest BCUT2D eigenvalue weighted by atomic mass is 32.2. The van der Waals surface area contributed by atoms with Gasteiger partial charge in [0.1, 0.15) is 0 Å². The smallest absolute Gasteiger partial charge is 0.475 e. The van der Waals surface area contributed by atoms with Crippen molar-refractivity contribution in [2.45, 2.75) is 49.9 Å². The molecule has 34 heavy (non-hydrogen) atoms. The summed E-state index contributed by atoms with van der Waals surface area (Å²) < 4.78 is 66.0. The Morgan fingerprint density at radius 3 is 2.24 bits per heavy atom. The van der Waals surface area contributed by atoms with Crippen LogP contribution in [0.15, 0.2) is 24.3 Å². The standard InChI is InChI=1S/C20H31N3O3S.C2HF3O2/c1-21(2)27(24,25)23-15-17-5-3-4-6-19(17)20(16-23)9-11-22(12-10-20)18-7-13-26-14-8-18;3-2(4,5)1(6)7/h3-6,18H,7-16H2,1-2H3;(H,6,7). The van der Waals surface area contributed by atoms with Crippen LogP contribution in [-0.4, -0.2) is 92.2 Å². The Hall–Kier alpha value is -1.73. The van der Waals surface area contributed by atoms with Crippen LogP contribution < -0.4 is 0 Å². The zero-order valence-electron chi connectivity index (χ0n) is 19.4. The number of piperidine rings is 1. The molecule has 3 aliphatic rings. The van der Waals surface area contributed by atoms with E-state index in [4.69, 9.17) is 14.6 Å². The van der Waals surface area contributed by atoms with Gasteiger partial charge < -0.3 is 14.7 Å². The van der Waals surface area contributed by atoms with E-state index in [0.717, 1.165) is 57.6 Å². The molecule has 1 aromatic rings. The minimum Gasteiger partial charge on any atom is -0.475 e. The third-order valence-electron chi connectivity index (χ3n) is 6.91. The first-order valence-corrected chi connectivity index (χ1v) is 12.6. The average Bonchev–Trinajstić information content (AvgIpc) is 2.80. The molecule has 0 bridgehead atoms. The molecule has 0 atom stereocenters. The van der Waals surface area contributed by atoms with Crippen molar-refractivity contribution in [2.24, 2.45) is 0 Å². The molecule has 2 saturated heterocycles. The molecular formula is C22H32F3N3O5S. The molecule has 1 N–H and O–H groups in total. The minimum absolute atomic E-state index is 0.0699. The number of likely N-dealkylation sites (tertiary alicyclic amines) is 1. The average molecular weight is 508 g/mol. The van der Waals surface area contributed by atoms with E-state index in [-0.39, 0.29) is 5.41 Å². The largest absolute Gasteiger partial charge is 0.490 e. The van der Waals surface area contributed by atoms with E-state index in [1.165, 1.54) is 9.87 Å². The van der Waals surface area contributed by atoms with Gasteiger partial charge in [0.2, 0.25) is 0 Å². The van der Waals surface area contributed by atoms with Crippen molar-refractivity contribution in [3.05, 3.63) is 35.4 Å². The van der Waals surface area contributed by atoms with Gasteiger partial charge in [-0.15, -0.1) is 0 Å². The van der Waals surface area contributed by atoms with Gasteiger partial charge in [-0.05, 0) is 49.9 Å². The quantitative estimate of drug-likeness (QED) is 0.676. The van der Waals surface area contributed by atoms with Gasteiger partial charge in [0, 0.05) is 51.9 Å². The number of halogens is 3. The number of fused-ring (bicyclic) bond motifs is 2. The fraction of sp³-hybridized carbons (Fsp3) is 0.682. The lowest BCUT2D eigenvalue weighted by Crippen LogP contribution is -2.56. The van der Waals surface area contributed by atoms with E-state index in [0.29, 0.717) is 19.1 Å². The fourth-order valence-electron chi connectivity index (χ4n) is 5.03. The van der Waals surface area contributed by atoms with E-state index in [1.807, 2.05) is 6.07 Å². The lowest BCUT2D eigenvalue weighted by molar-refractivity contribution is -0.192. The van der Waals surface area contributed by atoms with Crippen molar-refractivity contribution in [1.82, 2.24) is 13.5 Å². The highest BCUT2D eigenvalue weighted by Gasteiger charge is 2.46. The van der Waals surface area contributed by atoms with E-state index < -0.39 is 22.4 Å². The van der Waals surface area contributed by atoms with Gasteiger partial charge in [0.15, 0.2) is 0 Å². The van der Waals surface area contributed by atoms with Crippen LogP contribution in [0.1, 0.15) is 36.8 Å². The highest BCUT2D eigenvalue weighted by Crippen LogP contribution is 2.43. The van der Waals surface area contributed by atoms with Crippen LogP contribution in [0.3, 0.4) is 0 Å². The lowest BCUT2D eigenvalue weighted by Gasteiger charge is -2.50. The summed E-state index contributed by atoms with van der Waals surface area (Å²) in [6, 6.07) is 9.06. The molecule has 0 saturated carbocycles. The van der Waals surface area contributed by atoms with Gasteiger partial charge in [0.05, 0.1) is 0 Å². The predicted octanol–water partition coefficient (Wildman–Crippen LogP) is 2.45. The first kappa shape index (κ1) is 26.9. The van der Waals surface area contributed by atoms with Crippen molar-refractivity contribution >= 4 is 16.2 Å². The number of carboxylic acids is 1. The van der Waals surface area contributed by atoms with Gasteiger partial charge in [-0.2, -0.15) is 30.2 Å². The molecule has 0 amide bonds. The van der Waals surface area contributed by atoms with Crippen molar-refractivity contribution in [2.75, 3.05) is 46.9 Å². The molecule has 0 aromatic heterocycles. The number of hydrogen-bond acceptors (Lipinski definition) is 5. The van der Waals surface area contributed by atoms with Crippen LogP contribution in [0.4, 0.5) is 13.2 Å². The Morgan fingerprint density at radius 1 is 1.15 bits per heavy atom. The second-order valence-corrected chi connectivity index (χ2v) is 11.3. The van der Waals surface area contributed by atoms with Crippen molar-refractivity contribution in [3.8, 4) is 0 Å². The molecule has 0 unspecified atom stereocenters. The summed E-state index contributed by atoms with van der Waals surface area (Å²) >= 11 is 0. The maximum absolute atomic E-state index is 12.9. The third kappa shape index (κ3) is 5.91. The Bertz CT molecular complexity index is 957. The van der Waals surface area contributed by atoms with Crippen LogP contribution >= 0.6 is 0 Å². The molecule has 8 nitrogen and oxygen atoms in total. The number of benzene rings is 1. The van der Waals surface area contributed by atoms with Crippen LogP contribution in [0, 0.1) is 0 Å². The van der Waals surface area contributed by atoms with E-state index in [2.05, 4.69) is 23.1 Å². The van der Waals surface area contributed by atoms with Gasteiger partial charge >= 0.3 is 12.1 Å². The van der Waals surface area contributed by atoms with E-state index in [9.17, 15) is 21.6 Å². The maximum atomic E-state index is 12.9. The molecule has 12 heteroatoms. The Morgan fingerprint density at radius 2 is 1.71 bits per heavy atom. The first-order valence-electron chi connectivity index (χ1n) is 11.2. The Kier molecular flexibility index (Phi) is 8.29. The predicted molar refractivity (Wildman–Crippen MR) is 119 cm³/mol. The van der Waals surface area contributed by atoms with E-state index in [1.54, 1.807) is 18.4 Å². The zero-order valence-corrected chi connectivity index (χ0v) is 20.2. The van der Waals surface area contributed by atoms with E-state index >= 15 is 0 Å². The summed E-state index contributed by atoms with van der Waals surface area (Å²) in [5.41, 5.74) is 2.45. The SMILES string of the molecule is CN(C)S(=O)(=O)N1Cc2ccccc2C2(CCN(C3CCOCC3)CC2)C1.O=C(O)C(F)(F)F. The molecular weight excluding hydrogens is 475 g/mol. The molecule has 4 rings (SSSR count). The zero-order chi connectivity index (χ0) is 25.1. The maximum Gasteiger partial charge on any atom is 0.490 e. The lowest BCUT2D eigenvalue weighted by atomic mass is 9.69. The first-order chi connectivity index (χ1) is 15.9. The number of carbonyl (C=O) groups is 1. The van der Waals surface area contributed by atoms with Gasteiger partial charge in [-0.25, -0.2) is 4.79 Å². The second kappa shape index (κ2) is 10.5. The highest BCUT2D eigenvalue weighted by molar-refractivity contribution is 7.86. The van der Waals surface area contributed by atoms with Crippen LogP contribution in [0.2, 0.25) is 0 Å². The summed E-state index contributed by atoms with van der Waals surface area (Å²) in [7, 11) is -0.173. The molecule has 1 spiro atoms. The molecule has 3 aliphatic heterocycles. The van der Waals surface area contributed by atoms with Crippen LogP contribution in [0.5, 0.6) is 0 Å². The monoisotopic (exact) mass is 507 g/mol. The molecule has 1 aromatic carbocycles. The molecule has 3 heterocycles. The van der Waals surface area contributed by atoms with Crippen molar-refractivity contribution < 1.29 is 36.2 Å². The molecule has 0 radical (unpaired) electrons. The van der Waals surface area contributed by atoms with Gasteiger partial charge in [0.25, 0.3) is 10.2 Å². The number of nitrogens with zero attached hydrogens (tertiary/aromatic N) is 3. The fourth-order valence-corrected chi connectivity index (χ4v) is 6.21. The second-order valence-electron chi connectivity index (χ2n) is 9.18. The van der Waals surface area contributed by atoms with Gasteiger partial charge in [-0.1, -0.05) is 24.3 Å². The van der Waals surface area contributed by atoms with Crippen LogP contribution in [-0.2, 0) is 31.7 Å². The number of ether oxygens (including phenoxy) is 1. The summed E-state index contributed by atoms with van der Waals surface area (Å²) in [5.74, 6) is -2.76. The number of rotatable bonds is 3. The van der Waals surface area contributed by atoms with Crippen LogP contribution in [0.25, 0.3) is 0 Å². The minimum atomic E-state index is -5.08. The number of carboxylic acid groups (broad SMARTS) is 1. The number of aliphatic carboxylic acids is 1. The Balaban J connectivity index is 0.000000406.